The average molecular weight is 469 g/mol. The number of hydrogen-bond donors (Lipinski definition) is 1. The third kappa shape index (κ3) is 4.73. The number of carbonyl (C=O) groups excluding carboxylic acids is 2. The van der Waals surface area contributed by atoms with Gasteiger partial charge in [-0.1, -0.05) is 23.2 Å². The minimum Gasteiger partial charge on any atom is -0.495 e. The van der Waals surface area contributed by atoms with Gasteiger partial charge in [0.25, 0.3) is 5.91 Å². The van der Waals surface area contributed by atoms with Crippen molar-refractivity contribution in [3.63, 3.8) is 0 Å². The van der Waals surface area contributed by atoms with Gasteiger partial charge in [0.2, 0.25) is 0 Å². The molecule has 1 N–H and O–H groups in total. The molecular weight excluding hydrogens is 444 g/mol. The number of rotatable bonds is 6. The molecule has 0 radical (unpaired) electrons. The fraction of sp³-hybridized carbons (Fsp3) is 0.320. The highest BCUT2D eigenvalue weighted by atomic mass is 35.5. The number of nitrogens with one attached hydrogen (secondary N) is 1. The zero-order valence-corrected chi connectivity index (χ0v) is 19.5. The molecule has 1 amide bonds. The molecule has 8 heteroatoms. The molecule has 33 heavy (non-hydrogen) atoms. The Morgan fingerprint density at radius 3 is 2.58 bits per heavy atom. The van der Waals surface area contributed by atoms with E-state index in [1.165, 1.54) is 14.2 Å². The van der Waals surface area contributed by atoms with Gasteiger partial charge >= 0.3 is 5.97 Å². The summed E-state index contributed by atoms with van der Waals surface area (Å²) < 4.78 is 15.9. The number of aromatic nitrogens is 1. The Morgan fingerprint density at radius 1 is 1.06 bits per heavy atom. The SMILES string of the molecule is COc1cc(NC(=O)COC(=O)c2c3c(nc4ccc(C)cc24)CCCC3)c(OC)cc1Cl. The number of halogens is 1. The lowest BCUT2D eigenvalue weighted by Crippen LogP contribution is -2.23. The normalized spacial score (nSPS) is 12.7. The standard InChI is InChI=1S/C25H25ClN2O5/c1-14-8-9-19-16(10-14)24(15-6-4-5-7-18(15)27-19)25(30)33-13-23(29)28-20-12-21(31-2)17(26)11-22(20)32-3/h8-12H,4-7,13H2,1-3H3,(H,28,29). The number of esters is 1. The zero-order valence-electron chi connectivity index (χ0n) is 18.8. The molecule has 3 aromatic rings. The summed E-state index contributed by atoms with van der Waals surface area (Å²) in [6.07, 6.45) is 3.63. The van der Waals surface area contributed by atoms with Gasteiger partial charge < -0.3 is 19.5 Å². The van der Waals surface area contributed by atoms with Crippen LogP contribution in [-0.2, 0) is 22.4 Å². The highest BCUT2D eigenvalue weighted by Gasteiger charge is 2.24. The molecular formula is C25H25ClN2O5. The van der Waals surface area contributed by atoms with Crippen molar-refractivity contribution in [3.05, 3.63) is 57.7 Å². The predicted octanol–water partition coefficient (Wildman–Crippen LogP) is 4.89. The lowest BCUT2D eigenvalue weighted by atomic mass is 9.89. The van der Waals surface area contributed by atoms with Gasteiger partial charge in [0.15, 0.2) is 6.61 Å². The predicted molar refractivity (Wildman–Crippen MR) is 127 cm³/mol. The van der Waals surface area contributed by atoms with Crippen molar-refractivity contribution in [2.24, 2.45) is 0 Å². The lowest BCUT2D eigenvalue weighted by Gasteiger charge is -2.20. The Hall–Kier alpha value is -3.32. The molecule has 0 spiro atoms. The second-order valence-corrected chi connectivity index (χ2v) is 8.36. The second-order valence-electron chi connectivity index (χ2n) is 7.95. The summed E-state index contributed by atoms with van der Waals surface area (Å²) in [7, 11) is 2.94. The van der Waals surface area contributed by atoms with Crippen LogP contribution in [0.1, 0.15) is 40.0 Å². The molecule has 1 aliphatic carbocycles. The number of benzene rings is 2. The molecule has 0 atom stereocenters. The Labute approximate surface area is 197 Å². The molecule has 172 valence electrons. The highest BCUT2D eigenvalue weighted by Crippen LogP contribution is 2.36. The summed E-state index contributed by atoms with van der Waals surface area (Å²) >= 11 is 6.11. The van der Waals surface area contributed by atoms with Gasteiger partial charge in [-0.15, -0.1) is 0 Å². The van der Waals surface area contributed by atoms with E-state index in [0.29, 0.717) is 27.8 Å². The fourth-order valence-corrected chi connectivity index (χ4v) is 4.35. The summed E-state index contributed by atoms with van der Waals surface area (Å²) in [5.74, 6) is -0.281. The second kappa shape index (κ2) is 9.67. The molecule has 2 aromatic carbocycles. The Bertz CT molecular complexity index is 1240. The number of amides is 1. The summed E-state index contributed by atoms with van der Waals surface area (Å²) in [6, 6.07) is 8.93. The minimum absolute atomic E-state index is 0.350. The van der Waals surface area contributed by atoms with E-state index in [0.717, 1.165) is 53.4 Å². The Balaban J connectivity index is 1.56. The van der Waals surface area contributed by atoms with Crippen molar-refractivity contribution in [1.82, 2.24) is 4.98 Å². The Kier molecular flexibility index (Phi) is 6.70. The van der Waals surface area contributed by atoms with Gasteiger partial charge in [-0.25, -0.2) is 4.79 Å². The molecule has 4 rings (SSSR count). The van der Waals surface area contributed by atoms with Crippen molar-refractivity contribution in [2.45, 2.75) is 32.6 Å². The maximum Gasteiger partial charge on any atom is 0.339 e. The first-order chi connectivity index (χ1) is 15.9. The van der Waals surface area contributed by atoms with Gasteiger partial charge in [-0.05, 0) is 50.3 Å². The van der Waals surface area contributed by atoms with Crippen molar-refractivity contribution in [2.75, 3.05) is 26.1 Å². The van der Waals surface area contributed by atoms with Gasteiger partial charge in [0.05, 0.1) is 36.0 Å². The molecule has 0 saturated carbocycles. The van der Waals surface area contributed by atoms with E-state index < -0.39 is 18.5 Å². The smallest absolute Gasteiger partial charge is 0.339 e. The van der Waals surface area contributed by atoms with E-state index in [1.807, 2.05) is 25.1 Å². The van der Waals surface area contributed by atoms with Crippen LogP contribution in [0.4, 0.5) is 5.69 Å². The molecule has 1 heterocycles. The first-order valence-electron chi connectivity index (χ1n) is 10.7. The number of pyridine rings is 1. The minimum atomic E-state index is -0.526. The van der Waals surface area contributed by atoms with Crippen LogP contribution in [0.25, 0.3) is 10.9 Å². The monoisotopic (exact) mass is 468 g/mol. The van der Waals surface area contributed by atoms with Crippen LogP contribution in [0.2, 0.25) is 5.02 Å². The average Bonchev–Trinajstić information content (AvgIpc) is 2.81. The molecule has 0 unspecified atom stereocenters. The summed E-state index contributed by atoms with van der Waals surface area (Å²) in [5, 5.41) is 3.79. The number of methoxy groups -OCH3 is 2. The number of carbonyl (C=O) groups is 2. The molecule has 7 nitrogen and oxygen atoms in total. The van der Waals surface area contributed by atoms with E-state index in [9.17, 15) is 9.59 Å². The maximum atomic E-state index is 13.2. The largest absolute Gasteiger partial charge is 0.495 e. The van der Waals surface area contributed by atoms with Crippen molar-refractivity contribution in [3.8, 4) is 11.5 Å². The van der Waals surface area contributed by atoms with Crippen molar-refractivity contribution < 1.29 is 23.8 Å². The van der Waals surface area contributed by atoms with Crippen LogP contribution in [0.5, 0.6) is 11.5 Å². The van der Waals surface area contributed by atoms with Crippen LogP contribution in [0, 0.1) is 6.92 Å². The quantitative estimate of drug-likeness (QED) is 0.518. The third-order valence-corrected chi connectivity index (χ3v) is 6.00. The molecule has 0 saturated heterocycles. The van der Waals surface area contributed by atoms with Crippen molar-refractivity contribution >= 4 is 40.1 Å². The zero-order chi connectivity index (χ0) is 23.5. The molecule has 1 aliphatic rings. The molecule has 0 fully saturated rings. The fourth-order valence-electron chi connectivity index (χ4n) is 4.12. The first kappa shape index (κ1) is 22.9. The summed E-state index contributed by atoms with van der Waals surface area (Å²) in [4.78, 5) is 30.5. The Morgan fingerprint density at radius 2 is 1.82 bits per heavy atom. The number of ether oxygens (including phenoxy) is 3. The van der Waals surface area contributed by atoms with Crippen LogP contribution < -0.4 is 14.8 Å². The maximum absolute atomic E-state index is 13.2. The molecule has 0 bridgehead atoms. The summed E-state index contributed by atoms with van der Waals surface area (Å²) in [5.41, 5.74) is 4.52. The van der Waals surface area contributed by atoms with E-state index >= 15 is 0 Å². The number of aryl methyl sites for hydroxylation is 2. The van der Waals surface area contributed by atoms with Gasteiger partial charge in [-0.2, -0.15) is 0 Å². The number of anilines is 1. The van der Waals surface area contributed by atoms with E-state index in [4.69, 9.17) is 30.8 Å². The topological polar surface area (TPSA) is 86.8 Å². The third-order valence-electron chi connectivity index (χ3n) is 5.70. The summed E-state index contributed by atoms with van der Waals surface area (Å²) in [6.45, 7) is 1.52. The molecule has 1 aromatic heterocycles. The van der Waals surface area contributed by atoms with Crippen LogP contribution in [-0.4, -0.2) is 37.7 Å². The van der Waals surface area contributed by atoms with Crippen molar-refractivity contribution in [1.29, 1.82) is 0 Å². The van der Waals surface area contributed by atoms with Crippen LogP contribution in [0.15, 0.2) is 30.3 Å². The number of hydrogen-bond acceptors (Lipinski definition) is 6. The van der Waals surface area contributed by atoms with E-state index in [-0.39, 0.29) is 0 Å². The van der Waals surface area contributed by atoms with E-state index in [1.54, 1.807) is 12.1 Å². The van der Waals surface area contributed by atoms with Crippen LogP contribution in [0.3, 0.4) is 0 Å². The van der Waals surface area contributed by atoms with Gasteiger partial charge in [0, 0.05) is 23.2 Å². The van der Waals surface area contributed by atoms with E-state index in [2.05, 4.69) is 5.32 Å². The highest BCUT2D eigenvalue weighted by molar-refractivity contribution is 6.32. The number of fused-ring (bicyclic) bond motifs is 2. The number of nitrogens with zero attached hydrogens (tertiary/aromatic N) is 1. The van der Waals surface area contributed by atoms with Crippen LogP contribution >= 0.6 is 11.6 Å². The van der Waals surface area contributed by atoms with Gasteiger partial charge in [0.1, 0.15) is 11.5 Å². The lowest BCUT2D eigenvalue weighted by molar-refractivity contribution is -0.119. The molecule has 0 aliphatic heterocycles. The first-order valence-corrected chi connectivity index (χ1v) is 11.1. The van der Waals surface area contributed by atoms with Gasteiger partial charge in [-0.3, -0.25) is 9.78 Å².